The molecule has 0 aliphatic carbocycles. The summed E-state index contributed by atoms with van der Waals surface area (Å²) in [6, 6.07) is 0. The Labute approximate surface area is 145 Å². The standard InChI is InChI=1S/C15H24S5/c16-15-19-13-14(20-15)18-12-10-8-6-4-2-1-3-5-7-9-11-17-13/h1-12H2. The lowest BCUT2D eigenvalue weighted by Gasteiger charge is -2.06. The van der Waals surface area contributed by atoms with E-state index in [4.69, 9.17) is 12.2 Å². The van der Waals surface area contributed by atoms with E-state index < -0.39 is 0 Å². The third-order valence-corrected chi connectivity index (χ3v) is 9.28. The van der Waals surface area contributed by atoms with Gasteiger partial charge in [-0.25, -0.2) is 0 Å². The molecule has 0 spiro atoms. The van der Waals surface area contributed by atoms with Crippen LogP contribution in [-0.4, -0.2) is 11.5 Å². The highest BCUT2D eigenvalue weighted by Crippen LogP contribution is 2.41. The van der Waals surface area contributed by atoms with Crippen LogP contribution in [0.2, 0.25) is 0 Å². The Morgan fingerprint density at radius 3 is 1.30 bits per heavy atom. The van der Waals surface area contributed by atoms with Crippen molar-refractivity contribution in [3.63, 3.8) is 0 Å². The van der Waals surface area contributed by atoms with Crippen LogP contribution in [0, 0.1) is 3.14 Å². The zero-order valence-corrected chi connectivity index (χ0v) is 16.1. The summed E-state index contributed by atoms with van der Waals surface area (Å²) in [7, 11) is 0. The number of hydrogen-bond acceptors (Lipinski definition) is 5. The third-order valence-electron chi connectivity index (χ3n) is 3.52. The average molecular weight is 365 g/mol. The van der Waals surface area contributed by atoms with Crippen molar-refractivity contribution in [1.82, 2.24) is 0 Å². The van der Waals surface area contributed by atoms with Gasteiger partial charge < -0.3 is 0 Å². The molecule has 1 aromatic heterocycles. The summed E-state index contributed by atoms with van der Waals surface area (Å²) in [5.41, 5.74) is 0. The second-order valence-corrected chi connectivity index (χ2v) is 11.2. The van der Waals surface area contributed by atoms with Crippen molar-refractivity contribution in [3.8, 4) is 0 Å². The summed E-state index contributed by atoms with van der Waals surface area (Å²) < 4.78 is 4.10. The maximum absolute atomic E-state index is 5.38. The smallest absolute Gasteiger partial charge is 0.113 e. The van der Waals surface area contributed by atoms with Crippen LogP contribution in [-0.2, 0) is 0 Å². The first-order valence-electron chi connectivity index (χ1n) is 7.76. The molecule has 0 amide bonds. The van der Waals surface area contributed by atoms with Crippen LogP contribution in [0.5, 0.6) is 0 Å². The first kappa shape index (κ1) is 17.3. The molecule has 114 valence electrons. The van der Waals surface area contributed by atoms with Gasteiger partial charge in [-0.15, -0.1) is 46.2 Å². The summed E-state index contributed by atoms with van der Waals surface area (Å²) in [5.74, 6) is 2.55. The fourth-order valence-corrected chi connectivity index (χ4v) is 8.63. The minimum Gasteiger partial charge on any atom is -0.113 e. The van der Waals surface area contributed by atoms with E-state index in [1.54, 1.807) is 0 Å². The number of fused-ring (bicyclic) bond motifs is 1. The highest BCUT2D eigenvalue weighted by atomic mass is 32.2. The topological polar surface area (TPSA) is 0 Å². The molecule has 0 unspecified atom stereocenters. The van der Waals surface area contributed by atoms with Crippen molar-refractivity contribution in [2.24, 2.45) is 0 Å². The largest absolute Gasteiger partial charge is 0.145 e. The van der Waals surface area contributed by atoms with Crippen molar-refractivity contribution < 1.29 is 0 Å². The van der Waals surface area contributed by atoms with Crippen LogP contribution in [0.4, 0.5) is 0 Å². The number of hydrogen-bond donors (Lipinski definition) is 0. The van der Waals surface area contributed by atoms with Crippen LogP contribution in [0.25, 0.3) is 0 Å². The molecular formula is C15H24S5. The van der Waals surface area contributed by atoms with Gasteiger partial charge >= 0.3 is 0 Å². The normalized spacial score (nSPS) is 20.4. The van der Waals surface area contributed by atoms with E-state index in [2.05, 4.69) is 0 Å². The molecule has 1 aromatic rings. The molecule has 0 saturated heterocycles. The highest BCUT2D eigenvalue weighted by molar-refractivity contribution is 8.05. The Morgan fingerprint density at radius 2 is 0.900 bits per heavy atom. The Hall–Kier alpha value is 0.970. The molecule has 5 heteroatoms. The lowest BCUT2D eigenvalue weighted by atomic mass is 10.1. The van der Waals surface area contributed by atoms with E-state index in [9.17, 15) is 0 Å². The van der Waals surface area contributed by atoms with Gasteiger partial charge in [0.05, 0.1) is 8.42 Å². The lowest BCUT2D eigenvalue weighted by Crippen LogP contribution is -1.86. The van der Waals surface area contributed by atoms with Crippen LogP contribution in [0.15, 0.2) is 8.42 Å². The molecule has 0 radical (unpaired) electrons. The van der Waals surface area contributed by atoms with Crippen molar-refractivity contribution in [3.05, 3.63) is 3.14 Å². The summed E-state index contributed by atoms with van der Waals surface area (Å²) in [6.45, 7) is 0. The van der Waals surface area contributed by atoms with E-state index in [1.165, 1.54) is 84.1 Å². The monoisotopic (exact) mass is 364 g/mol. The molecule has 0 nitrogen and oxygen atoms in total. The molecule has 0 atom stereocenters. The zero-order valence-electron chi connectivity index (χ0n) is 12.0. The minimum atomic E-state index is 1.10. The first-order valence-corrected chi connectivity index (χ1v) is 11.8. The molecule has 0 aromatic carbocycles. The van der Waals surface area contributed by atoms with Crippen molar-refractivity contribution in [2.75, 3.05) is 11.5 Å². The lowest BCUT2D eigenvalue weighted by molar-refractivity contribution is 0.564. The molecule has 1 aliphatic rings. The van der Waals surface area contributed by atoms with E-state index in [1.807, 2.05) is 46.2 Å². The van der Waals surface area contributed by atoms with Gasteiger partial charge in [-0.1, -0.05) is 63.6 Å². The maximum Gasteiger partial charge on any atom is 0.145 e. The summed E-state index contributed by atoms with van der Waals surface area (Å²) in [5, 5.41) is 0. The van der Waals surface area contributed by atoms with Crippen LogP contribution < -0.4 is 0 Å². The van der Waals surface area contributed by atoms with Gasteiger partial charge in [-0.05, 0) is 24.3 Å². The molecule has 0 saturated carbocycles. The second-order valence-electron chi connectivity index (χ2n) is 5.26. The predicted molar refractivity (Wildman–Crippen MR) is 101 cm³/mol. The molecule has 0 fully saturated rings. The Bertz CT molecular complexity index is 384. The van der Waals surface area contributed by atoms with Gasteiger partial charge in [0.25, 0.3) is 0 Å². The molecule has 1 aliphatic heterocycles. The van der Waals surface area contributed by atoms with Crippen molar-refractivity contribution in [2.45, 2.75) is 72.6 Å². The SMILES string of the molecule is S=c1sc2c(s1)SCCCCCCCCCCCCS2. The van der Waals surface area contributed by atoms with Gasteiger partial charge in [0.1, 0.15) is 3.14 Å². The van der Waals surface area contributed by atoms with Gasteiger partial charge in [0, 0.05) is 0 Å². The molecule has 2 rings (SSSR count). The third kappa shape index (κ3) is 6.82. The highest BCUT2D eigenvalue weighted by Gasteiger charge is 2.08. The molecule has 2 heterocycles. The molecule has 0 N–H and O–H groups in total. The molecule has 0 bridgehead atoms. The van der Waals surface area contributed by atoms with Crippen LogP contribution in [0.3, 0.4) is 0 Å². The van der Waals surface area contributed by atoms with Gasteiger partial charge in [-0.2, -0.15) is 0 Å². The zero-order chi connectivity index (χ0) is 14.0. The predicted octanol–water partition coefficient (Wildman–Crippen LogP) is 7.64. The van der Waals surface area contributed by atoms with Crippen LogP contribution in [0.1, 0.15) is 64.2 Å². The summed E-state index contributed by atoms with van der Waals surface area (Å²) >= 11 is 13.1. The van der Waals surface area contributed by atoms with Crippen molar-refractivity contribution in [1.29, 1.82) is 0 Å². The number of thioether (sulfide) groups is 2. The molecular weight excluding hydrogens is 341 g/mol. The Balaban J connectivity index is 1.86. The molecule has 20 heavy (non-hydrogen) atoms. The summed E-state index contributed by atoms with van der Waals surface area (Å²) in [4.78, 5) is 0. The fraction of sp³-hybridized carbons (Fsp3) is 0.800. The Morgan fingerprint density at radius 1 is 0.550 bits per heavy atom. The quantitative estimate of drug-likeness (QED) is 0.434. The van der Waals surface area contributed by atoms with E-state index >= 15 is 0 Å². The Kier molecular flexibility index (Phi) is 9.23. The average Bonchev–Trinajstić information content (AvgIpc) is 2.78. The first-order chi connectivity index (χ1) is 9.86. The second kappa shape index (κ2) is 10.7. The fourth-order valence-electron chi connectivity index (χ4n) is 2.38. The van der Waals surface area contributed by atoms with Gasteiger partial charge in [0.15, 0.2) is 0 Å². The minimum absolute atomic E-state index is 1.10. The van der Waals surface area contributed by atoms with E-state index in [-0.39, 0.29) is 0 Å². The van der Waals surface area contributed by atoms with Gasteiger partial charge in [0.2, 0.25) is 0 Å². The van der Waals surface area contributed by atoms with E-state index in [0.717, 1.165) is 3.14 Å². The number of rotatable bonds is 0. The maximum atomic E-state index is 5.38. The van der Waals surface area contributed by atoms with Crippen molar-refractivity contribution >= 4 is 58.4 Å². The van der Waals surface area contributed by atoms with E-state index in [0.29, 0.717) is 0 Å². The van der Waals surface area contributed by atoms with Crippen LogP contribution >= 0.6 is 58.4 Å². The summed E-state index contributed by atoms with van der Waals surface area (Å²) in [6.07, 6.45) is 14.2. The van der Waals surface area contributed by atoms with Gasteiger partial charge in [-0.3, -0.25) is 0 Å².